The molecule has 0 aliphatic carbocycles. The molecule has 0 saturated carbocycles. The second kappa shape index (κ2) is 10.3. The van der Waals surface area contributed by atoms with Gasteiger partial charge in [-0.2, -0.15) is 5.10 Å². The molecule has 1 heterocycles. The third kappa shape index (κ3) is 6.00. The van der Waals surface area contributed by atoms with Crippen LogP contribution in [0.1, 0.15) is 55.2 Å². The minimum absolute atomic E-state index is 0.116. The fourth-order valence-electron chi connectivity index (χ4n) is 3.60. The molecule has 1 aromatic heterocycles. The molecule has 2 amide bonds. The van der Waals surface area contributed by atoms with Gasteiger partial charge in [0.05, 0.1) is 18.5 Å². The van der Waals surface area contributed by atoms with Gasteiger partial charge >= 0.3 is 0 Å². The predicted octanol–water partition coefficient (Wildman–Crippen LogP) is 4.64. The standard InChI is InChI=1S/C26H32N4O3/c1-18-23(26(2,3)4)29-30(20-10-7-6-8-11-20)24(18)28-22(31)12-9-17-27-25(32)19-13-15-21(33-5)16-14-19/h6-8,10-11,13-16H,9,12,17H2,1-5H3,(H,27,32)(H,28,31). The van der Waals surface area contributed by atoms with Gasteiger partial charge in [-0.15, -0.1) is 0 Å². The fraction of sp³-hybridized carbons (Fsp3) is 0.346. The topological polar surface area (TPSA) is 85.2 Å². The van der Waals surface area contributed by atoms with E-state index in [-0.39, 0.29) is 23.7 Å². The summed E-state index contributed by atoms with van der Waals surface area (Å²) in [5.74, 6) is 1.08. The zero-order chi connectivity index (χ0) is 24.0. The van der Waals surface area contributed by atoms with E-state index in [1.807, 2.05) is 37.3 Å². The van der Waals surface area contributed by atoms with E-state index in [9.17, 15) is 9.59 Å². The van der Waals surface area contributed by atoms with Gasteiger partial charge in [0.1, 0.15) is 11.6 Å². The van der Waals surface area contributed by atoms with Crippen molar-refractivity contribution in [3.8, 4) is 11.4 Å². The smallest absolute Gasteiger partial charge is 0.251 e. The summed E-state index contributed by atoms with van der Waals surface area (Å²) in [5, 5.41) is 10.7. The molecule has 2 N–H and O–H groups in total. The Morgan fingerprint density at radius 2 is 1.70 bits per heavy atom. The fourth-order valence-corrected chi connectivity index (χ4v) is 3.60. The number of hydrogen-bond donors (Lipinski definition) is 2. The van der Waals surface area contributed by atoms with Crippen molar-refractivity contribution < 1.29 is 14.3 Å². The average Bonchev–Trinajstić information content (AvgIpc) is 3.13. The number of carbonyl (C=O) groups excluding carboxylic acids is 2. The highest BCUT2D eigenvalue weighted by Crippen LogP contribution is 2.31. The molecule has 7 heteroatoms. The third-order valence-electron chi connectivity index (χ3n) is 5.31. The lowest BCUT2D eigenvalue weighted by Crippen LogP contribution is -2.25. The summed E-state index contributed by atoms with van der Waals surface area (Å²) in [6.07, 6.45) is 0.811. The lowest BCUT2D eigenvalue weighted by Gasteiger charge is -2.16. The van der Waals surface area contributed by atoms with Crippen LogP contribution in [0.15, 0.2) is 54.6 Å². The molecule has 33 heavy (non-hydrogen) atoms. The van der Waals surface area contributed by atoms with Crippen LogP contribution < -0.4 is 15.4 Å². The van der Waals surface area contributed by atoms with Gasteiger partial charge in [0.25, 0.3) is 5.91 Å². The maximum atomic E-state index is 12.7. The number of nitrogens with zero attached hydrogens (tertiary/aromatic N) is 2. The summed E-state index contributed by atoms with van der Waals surface area (Å²) < 4.78 is 6.90. The number of carbonyl (C=O) groups is 2. The van der Waals surface area contributed by atoms with Gasteiger partial charge in [-0.05, 0) is 49.7 Å². The van der Waals surface area contributed by atoms with Crippen molar-refractivity contribution >= 4 is 17.6 Å². The number of anilines is 1. The van der Waals surface area contributed by atoms with Crippen molar-refractivity contribution in [1.82, 2.24) is 15.1 Å². The SMILES string of the molecule is COc1ccc(C(=O)NCCCC(=O)Nc2c(C)c(C(C)(C)C)nn2-c2ccccc2)cc1. The van der Waals surface area contributed by atoms with E-state index in [1.165, 1.54) is 0 Å². The Labute approximate surface area is 195 Å². The summed E-state index contributed by atoms with van der Waals surface area (Å²) >= 11 is 0. The molecule has 0 radical (unpaired) electrons. The Hall–Kier alpha value is -3.61. The van der Waals surface area contributed by atoms with Crippen LogP contribution in [-0.2, 0) is 10.2 Å². The van der Waals surface area contributed by atoms with Gasteiger partial charge in [0.15, 0.2) is 0 Å². The van der Waals surface area contributed by atoms with Gasteiger partial charge in [0.2, 0.25) is 5.91 Å². The van der Waals surface area contributed by atoms with Gasteiger partial charge in [-0.1, -0.05) is 39.0 Å². The molecule has 0 aliphatic rings. The number of nitrogens with one attached hydrogen (secondary N) is 2. The van der Waals surface area contributed by atoms with Gasteiger partial charge in [-0.3, -0.25) is 9.59 Å². The Balaban J connectivity index is 1.61. The molecular formula is C26H32N4O3. The highest BCUT2D eigenvalue weighted by Gasteiger charge is 2.25. The molecule has 0 spiro atoms. The van der Waals surface area contributed by atoms with E-state index in [0.29, 0.717) is 30.1 Å². The van der Waals surface area contributed by atoms with Crippen LogP contribution in [0.3, 0.4) is 0 Å². The van der Waals surface area contributed by atoms with E-state index in [0.717, 1.165) is 16.9 Å². The Morgan fingerprint density at radius 3 is 2.30 bits per heavy atom. The first-order valence-corrected chi connectivity index (χ1v) is 11.1. The first kappa shape index (κ1) is 24.0. The monoisotopic (exact) mass is 448 g/mol. The van der Waals surface area contributed by atoms with E-state index in [1.54, 1.807) is 36.1 Å². The van der Waals surface area contributed by atoms with Crippen molar-refractivity contribution in [2.24, 2.45) is 0 Å². The second-order valence-corrected chi connectivity index (χ2v) is 8.96. The van der Waals surface area contributed by atoms with Crippen molar-refractivity contribution in [3.63, 3.8) is 0 Å². The Morgan fingerprint density at radius 1 is 1.03 bits per heavy atom. The number of hydrogen-bond acceptors (Lipinski definition) is 4. The first-order valence-electron chi connectivity index (χ1n) is 11.1. The normalized spacial score (nSPS) is 11.2. The Kier molecular flexibility index (Phi) is 7.53. The van der Waals surface area contributed by atoms with E-state index >= 15 is 0 Å². The van der Waals surface area contributed by atoms with Crippen molar-refractivity contribution in [3.05, 3.63) is 71.4 Å². The minimum atomic E-state index is -0.175. The molecule has 2 aromatic carbocycles. The summed E-state index contributed by atoms with van der Waals surface area (Å²) in [6, 6.07) is 16.7. The van der Waals surface area contributed by atoms with Crippen LogP contribution in [0.5, 0.6) is 5.75 Å². The van der Waals surface area contributed by atoms with Crippen LogP contribution in [0, 0.1) is 6.92 Å². The maximum Gasteiger partial charge on any atom is 0.251 e. The zero-order valence-electron chi connectivity index (χ0n) is 19.9. The molecule has 0 bridgehead atoms. The van der Waals surface area contributed by atoms with Gasteiger partial charge < -0.3 is 15.4 Å². The third-order valence-corrected chi connectivity index (χ3v) is 5.31. The van der Waals surface area contributed by atoms with Crippen LogP contribution in [-0.4, -0.2) is 35.2 Å². The van der Waals surface area contributed by atoms with Crippen molar-refractivity contribution in [2.45, 2.75) is 46.0 Å². The number of rotatable bonds is 8. The molecule has 0 fully saturated rings. The summed E-state index contributed by atoms with van der Waals surface area (Å²) in [7, 11) is 1.58. The quantitative estimate of drug-likeness (QED) is 0.492. The van der Waals surface area contributed by atoms with Crippen LogP contribution in [0.2, 0.25) is 0 Å². The molecule has 0 unspecified atom stereocenters. The second-order valence-electron chi connectivity index (χ2n) is 8.96. The van der Waals surface area contributed by atoms with Gasteiger partial charge in [0, 0.05) is 29.5 Å². The number of benzene rings is 2. The van der Waals surface area contributed by atoms with Crippen LogP contribution >= 0.6 is 0 Å². The summed E-state index contributed by atoms with van der Waals surface area (Å²) in [6.45, 7) is 8.71. The minimum Gasteiger partial charge on any atom is -0.497 e. The zero-order valence-corrected chi connectivity index (χ0v) is 19.9. The predicted molar refractivity (Wildman–Crippen MR) is 130 cm³/mol. The molecule has 3 rings (SSSR count). The van der Waals surface area contributed by atoms with E-state index in [2.05, 4.69) is 31.4 Å². The highest BCUT2D eigenvalue weighted by molar-refractivity contribution is 5.94. The molecule has 174 valence electrons. The number of ether oxygens (including phenoxy) is 1. The molecular weight excluding hydrogens is 416 g/mol. The van der Waals surface area contributed by atoms with Crippen molar-refractivity contribution in [2.75, 3.05) is 19.0 Å². The molecule has 0 saturated heterocycles. The highest BCUT2D eigenvalue weighted by atomic mass is 16.5. The molecule has 0 aliphatic heterocycles. The number of para-hydroxylation sites is 1. The lowest BCUT2D eigenvalue weighted by atomic mass is 9.90. The van der Waals surface area contributed by atoms with Gasteiger partial charge in [-0.25, -0.2) is 4.68 Å². The van der Waals surface area contributed by atoms with Crippen LogP contribution in [0.25, 0.3) is 5.69 Å². The average molecular weight is 449 g/mol. The number of aromatic nitrogens is 2. The summed E-state index contributed by atoms with van der Waals surface area (Å²) in [5.41, 5.74) is 3.17. The van der Waals surface area contributed by atoms with Crippen molar-refractivity contribution in [1.29, 1.82) is 0 Å². The maximum absolute atomic E-state index is 12.7. The first-order chi connectivity index (χ1) is 15.7. The molecule has 3 aromatic rings. The number of amides is 2. The Bertz CT molecular complexity index is 1100. The number of methoxy groups -OCH3 is 1. The van der Waals surface area contributed by atoms with E-state index in [4.69, 9.17) is 9.84 Å². The van der Waals surface area contributed by atoms with E-state index < -0.39 is 0 Å². The van der Waals surface area contributed by atoms with Crippen LogP contribution in [0.4, 0.5) is 5.82 Å². The lowest BCUT2D eigenvalue weighted by molar-refractivity contribution is -0.116. The largest absolute Gasteiger partial charge is 0.497 e. The molecule has 0 atom stereocenters. The molecule has 7 nitrogen and oxygen atoms in total. The summed E-state index contributed by atoms with van der Waals surface area (Å²) in [4.78, 5) is 25.0.